The van der Waals surface area contributed by atoms with Crippen LogP contribution in [0.2, 0.25) is 5.02 Å². The molecule has 0 atom stereocenters. The fourth-order valence-electron chi connectivity index (χ4n) is 1.78. The molecule has 0 heterocycles. The maximum Gasteiger partial charge on any atom is 0.0410 e. The maximum absolute atomic E-state index is 6.04. The highest BCUT2D eigenvalue weighted by molar-refractivity contribution is 7.99. The molecule has 0 aliphatic carbocycles. The average Bonchev–Trinajstić information content (AvgIpc) is 2.33. The van der Waals surface area contributed by atoms with Crippen LogP contribution < -0.4 is 5.32 Å². The Labute approximate surface area is 118 Å². The first-order chi connectivity index (χ1) is 8.69. The Bertz CT molecular complexity index is 540. The van der Waals surface area contributed by atoms with E-state index in [0.29, 0.717) is 0 Å². The van der Waals surface area contributed by atoms with Gasteiger partial charge >= 0.3 is 0 Å². The summed E-state index contributed by atoms with van der Waals surface area (Å²) >= 11 is 7.82. The number of benzene rings is 2. The summed E-state index contributed by atoms with van der Waals surface area (Å²) in [6.45, 7) is 2.94. The topological polar surface area (TPSA) is 12.0 Å². The third-order valence-corrected chi connectivity index (χ3v) is 3.95. The van der Waals surface area contributed by atoms with Gasteiger partial charge in [-0.1, -0.05) is 41.1 Å². The molecule has 0 aliphatic heterocycles. The van der Waals surface area contributed by atoms with Gasteiger partial charge < -0.3 is 5.32 Å². The van der Waals surface area contributed by atoms with Crippen molar-refractivity contribution >= 4 is 23.4 Å². The third kappa shape index (κ3) is 3.52. The number of nitrogens with one attached hydrogen (secondary N) is 1. The van der Waals surface area contributed by atoms with Gasteiger partial charge in [0.15, 0.2) is 0 Å². The van der Waals surface area contributed by atoms with Crippen LogP contribution in [0.5, 0.6) is 0 Å². The Morgan fingerprint density at radius 3 is 2.72 bits per heavy atom. The van der Waals surface area contributed by atoms with Crippen molar-refractivity contribution < 1.29 is 0 Å². The van der Waals surface area contributed by atoms with Gasteiger partial charge in [0, 0.05) is 21.4 Å². The van der Waals surface area contributed by atoms with Gasteiger partial charge in [-0.25, -0.2) is 0 Å². The summed E-state index contributed by atoms with van der Waals surface area (Å²) in [4.78, 5) is 2.51. The molecule has 0 saturated carbocycles. The molecule has 2 aromatic carbocycles. The zero-order chi connectivity index (χ0) is 13.0. The van der Waals surface area contributed by atoms with E-state index in [2.05, 4.69) is 42.6 Å². The Balaban J connectivity index is 2.28. The molecule has 2 aromatic rings. The smallest absolute Gasteiger partial charge is 0.0410 e. The summed E-state index contributed by atoms with van der Waals surface area (Å²) in [5.41, 5.74) is 2.51. The Morgan fingerprint density at radius 2 is 2.00 bits per heavy atom. The molecule has 0 bridgehead atoms. The molecule has 0 aliphatic rings. The number of aryl methyl sites for hydroxylation is 1. The van der Waals surface area contributed by atoms with Gasteiger partial charge in [-0.15, -0.1) is 0 Å². The van der Waals surface area contributed by atoms with E-state index in [1.807, 2.05) is 19.2 Å². The molecule has 0 fully saturated rings. The highest BCUT2D eigenvalue weighted by Crippen LogP contribution is 2.32. The van der Waals surface area contributed by atoms with Crippen molar-refractivity contribution in [1.82, 2.24) is 5.32 Å². The number of hydrogen-bond acceptors (Lipinski definition) is 2. The molecule has 0 unspecified atom stereocenters. The number of hydrogen-bond donors (Lipinski definition) is 1. The standard InChI is InChI=1S/C15H16ClNS/c1-11-4-3-5-14(8-11)18-15-7-6-13(16)9-12(15)10-17-2/h3-9,17H,10H2,1-2H3. The van der Waals surface area contributed by atoms with Gasteiger partial charge in [-0.3, -0.25) is 0 Å². The second kappa shape index (κ2) is 6.28. The predicted octanol–water partition coefficient (Wildman–Crippen LogP) is 4.52. The van der Waals surface area contributed by atoms with Gasteiger partial charge in [0.2, 0.25) is 0 Å². The van der Waals surface area contributed by atoms with E-state index in [4.69, 9.17) is 11.6 Å². The first kappa shape index (κ1) is 13.5. The first-order valence-electron chi connectivity index (χ1n) is 5.86. The minimum atomic E-state index is 0.786. The van der Waals surface area contributed by atoms with Crippen molar-refractivity contribution in [2.24, 2.45) is 0 Å². The summed E-state index contributed by atoms with van der Waals surface area (Å²) in [5.74, 6) is 0. The lowest BCUT2D eigenvalue weighted by Crippen LogP contribution is -2.06. The molecule has 18 heavy (non-hydrogen) atoms. The van der Waals surface area contributed by atoms with Crippen LogP contribution in [0.15, 0.2) is 52.3 Å². The summed E-state index contributed by atoms with van der Waals surface area (Å²) in [6.07, 6.45) is 0. The quantitative estimate of drug-likeness (QED) is 0.882. The van der Waals surface area contributed by atoms with Gasteiger partial charge in [-0.05, 0) is 49.9 Å². The minimum Gasteiger partial charge on any atom is -0.316 e. The van der Waals surface area contributed by atoms with E-state index in [0.717, 1.165) is 11.6 Å². The molecule has 0 spiro atoms. The third-order valence-electron chi connectivity index (χ3n) is 2.61. The lowest BCUT2D eigenvalue weighted by Gasteiger charge is -2.09. The van der Waals surface area contributed by atoms with Gasteiger partial charge in [0.1, 0.15) is 0 Å². The maximum atomic E-state index is 6.04. The normalized spacial score (nSPS) is 10.6. The molecular weight excluding hydrogens is 262 g/mol. The highest BCUT2D eigenvalue weighted by atomic mass is 35.5. The van der Waals surface area contributed by atoms with Crippen LogP contribution in [0.25, 0.3) is 0 Å². The average molecular weight is 278 g/mol. The molecule has 1 nitrogen and oxygen atoms in total. The number of halogens is 1. The fraction of sp³-hybridized carbons (Fsp3) is 0.200. The van der Waals surface area contributed by atoms with E-state index in [9.17, 15) is 0 Å². The Morgan fingerprint density at radius 1 is 1.17 bits per heavy atom. The van der Waals surface area contributed by atoms with Gasteiger partial charge in [0.25, 0.3) is 0 Å². The van der Waals surface area contributed by atoms with Crippen LogP contribution >= 0.6 is 23.4 Å². The Hall–Kier alpha value is -0.960. The first-order valence-corrected chi connectivity index (χ1v) is 7.06. The monoisotopic (exact) mass is 277 g/mol. The molecule has 94 valence electrons. The van der Waals surface area contributed by atoms with Crippen LogP contribution in [0, 0.1) is 6.92 Å². The molecule has 3 heteroatoms. The van der Waals surface area contributed by atoms with Crippen LogP contribution in [0.3, 0.4) is 0 Å². The van der Waals surface area contributed by atoms with E-state index >= 15 is 0 Å². The lowest BCUT2D eigenvalue weighted by atomic mass is 10.2. The molecule has 0 amide bonds. The molecule has 1 N–H and O–H groups in total. The molecule has 0 radical (unpaired) electrons. The second-order valence-corrected chi connectivity index (χ2v) is 5.75. The fourth-order valence-corrected chi connectivity index (χ4v) is 3.02. The molecule has 0 saturated heterocycles. The van der Waals surface area contributed by atoms with Crippen LogP contribution in [0.4, 0.5) is 0 Å². The zero-order valence-corrected chi connectivity index (χ0v) is 12.1. The van der Waals surface area contributed by atoms with Crippen molar-refractivity contribution in [1.29, 1.82) is 0 Å². The summed E-state index contributed by atoms with van der Waals surface area (Å²) < 4.78 is 0. The van der Waals surface area contributed by atoms with Crippen molar-refractivity contribution in [3.8, 4) is 0 Å². The van der Waals surface area contributed by atoms with Crippen molar-refractivity contribution in [2.75, 3.05) is 7.05 Å². The summed E-state index contributed by atoms with van der Waals surface area (Å²) in [6, 6.07) is 14.6. The second-order valence-electron chi connectivity index (χ2n) is 4.20. The van der Waals surface area contributed by atoms with Crippen molar-refractivity contribution in [2.45, 2.75) is 23.3 Å². The zero-order valence-electron chi connectivity index (χ0n) is 10.5. The predicted molar refractivity (Wildman–Crippen MR) is 79.5 cm³/mol. The van der Waals surface area contributed by atoms with E-state index in [1.165, 1.54) is 20.9 Å². The summed E-state index contributed by atoms with van der Waals surface area (Å²) in [7, 11) is 1.95. The summed E-state index contributed by atoms with van der Waals surface area (Å²) in [5, 5.41) is 3.96. The van der Waals surface area contributed by atoms with E-state index < -0.39 is 0 Å². The number of rotatable bonds is 4. The largest absolute Gasteiger partial charge is 0.316 e. The van der Waals surface area contributed by atoms with E-state index in [-0.39, 0.29) is 0 Å². The van der Waals surface area contributed by atoms with E-state index in [1.54, 1.807) is 11.8 Å². The van der Waals surface area contributed by atoms with Crippen LogP contribution in [-0.4, -0.2) is 7.05 Å². The van der Waals surface area contributed by atoms with Crippen LogP contribution in [-0.2, 0) is 6.54 Å². The highest BCUT2D eigenvalue weighted by Gasteiger charge is 2.05. The van der Waals surface area contributed by atoms with Crippen molar-refractivity contribution in [3.63, 3.8) is 0 Å². The molecule has 2 rings (SSSR count). The van der Waals surface area contributed by atoms with Crippen LogP contribution in [0.1, 0.15) is 11.1 Å². The minimum absolute atomic E-state index is 0.786. The molecule has 0 aromatic heterocycles. The lowest BCUT2D eigenvalue weighted by molar-refractivity contribution is 0.803. The molecular formula is C15H16ClNS. The Kier molecular flexibility index (Phi) is 4.70. The van der Waals surface area contributed by atoms with Gasteiger partial charge in [0.05, 0.1) is 0 Å². The SMILES string of the molecule is CNCc1cc(Cl)ccc1Sc1cccc(C)c1. The van der Waals surface area contributed by atoms with Gasteiger partial charge in [-0.2, -0.15) is 0 Å². The van der Waals surface area contributed by atoms with Crippen molar-refractivity contribution in [3.05, 3.63) is 58.6 Å².